The fourth-order valence-electron chi connectivity index (χ4n) is 1.90. The molecule has 7 heteroatoms. The van der Waals surface area contributed by atoms with Crippen molar-refractivity contribution in [1.82, 2.24) is 0 Å². The van der Waals surface area contributed by atoms with Crippen molar-refractivity contribution in [3.05, 3.63) is 28.7 Å². The Morgan fingerprint density at radius 1 is 1.50 bits per heavy atom. The first-order chi connectivity index (χ1) is 9.40. The van der Waals surface area contributed by atoms with E-state index in [9.17, 15) is 14.4 Å². The van der Waals surface area contributed by atoms with Crippen LogP contribution in [0.1, 0.15) is 13.3 Å². The van der Waals surface area contributed by atoms with E-state index in [1.54, 1.807) is 24.3 Å². The maximum atomic E-state index is 12.3. The monoisotopic (exact) mass is 357 g/mol. The van der Waals surface area contributed by atoms with Gasteiger partial charge in [0.05, 0.1) is 10.9 Å². The van der Waals surface area contributed by atoms with Gasteiger partial charge < -0.3 is 5.11 Å². The summed E-state index contributed by atoms with van der Waals surface area (Å²) in [5, 5.41) is 7.52. The number of thioether (sulfide) groups is 1. The van der Waals surface area contributed by atoms with Gasteiger partial charge in [-0.3, -0.25) is 14.4 Å². The number of rotatable bonds is 4. The summed E-state index contributed by atoms with van der Waals surface area (Å²) >= 11 is 4.30. The Balaban J connectivity index is 2.19. The standard InChI is InChI=1S/C13H12BrNO4S/c1-7(13(18)19)20-10-6-11(16)15(12(10)17)9-4-2-3-8(14)5-9/h2-5,7,10H,6H2,1H3,(H,18,19). The highest BCUT2D eigenvalue weighted by Gasteiger charge is 2.41. The average molecular weight is 358 g/mol. The number of benzene rings is 1. The molecule has 1 aliphatic rings. The van der Waals surface area contributed by atoms with Crippen molar-refractivity contribution < 1.29 is 19.5 Å². The molecular weight excluding hydrogens is 346 g/mol. The number of carbonyl (C=O) groups is 3. The van der Waals surface area contributed by atoms with Crippen LogP contribution in [0.4, 0.5) is 5.69 Å². The van der Waals surface area contributed by atoms with Crippen molar-refractivity contribution in [2.24, 2.45) is 0 Å². The van der Waals surface area contributed by atoms with Crippen LogP contribution in [-0.4, -0.2) is 33.4 Å². The molecule has 0 aliphatic carbocycles. The Morgan fingerprint density at radius 3 is 2.80 bits per heavy atom. The van der Waals surface area contributed by atoms with Crippen LogP contribution in [0.2, 0.25) is 0 Å². The van der Waals surface area contributed by atoms with Gasteiger partial charge in [0.25, 0.3) is 0 Å². The Morgan fingerprint density at radius 2 is 2.20 bits per heavy atom. The third-order valence-corrected chi connectivity index (χ3v) is 4.69. The number of anilines is 1. The third-order valence-electron chi connectivity index (χ3n) is 2.89. The largest absolute Gasteiger partial charge is 0.480 e. The zero-order valence-electron chi connectivity index (χ0n) is 10.6. The van der Waals surface area contributed by atoms with Crippen LogP contribution in [0, 0.1) is 0 Å². The van der Waals surface area contributed by atoms with E-state index in [1.165, 1.54) is 6.92 Å². The SMILES string of the molecule is CC(SC1CC(=O)N(c2cccc(Br)c2)C1=O)C(=O)O. The van der Waals surface area contributed by atoms with Crippen molar-refractivity contribution in [3.63, 3.8) is 0 Å². The van der Waals surface area contributed by atoms with Crippen molar-refractivity contribution in [3.8, 4) is 0 Å². The second-order valence-electron chi connectivity index (χ2n) is 4.36. The molecule has 1 aromatic carbocycles. The highest BCUT2D eigenvalue weighted by molar-refractivity contribution is 9.10. The zero-order valence-corrected chi connectivity index (χ0v) is 13.0. The number of imide groups is 1. The molecule has 1 fully saturated rings. The molecule has 2 unspecified atom stereocenters. The molecule has 1 aliphatic heterocycles. The lowest BCUT2D eigenvalue weighted by Gasteiger charge is -2.16. The van der Waals surface area contributed by atoms with Crippen LogP contribution in [0.15, 0.2) is 28.7 Å². The number of halogens is 1. The summed E-state index contributed by atoms with van der Waals surface area (Å²) < 4.78 is 0.769. The van der Waals surface area contributed by atoms with E-state index in [2.05, 4.69) is 15.9 Å². The molecule has 0 spiro atoms. The van der Waals surface area contributed by atoms with Crippen LogP contribution in [0.25, 0.3) is 0 Å². The molecule has 5 nitrogen and oxygen atoms in total. The molecule has 2 rings (SSSR count). The molecule has 1 saturated heterocycles. The normalized spacial score (nSPS) is 20.3. The minimum absolute atomic E-state index is 0.0354. The summed E-state index contributed by atoms with van der Waals surface area (Å²) in [4.78, 5) is 36.2. The lowest BCUT2D eigenvalue weighted by Crippen LogP contribution is -2.32. The maximum absolute atomic E-state index is 12.3. The molecule has 1 heterocycles. The molecule has 20 heavy (non-hydrogen) atoms. The van der Waals surface area contributed by atoms with Gasteiger partial charge in [-0.25, -0.2) is 4.90 Å². The number of carboxylic acid groups (broad SMARTS) is 1. The van der Waals surface area contributed by atoms with Crippen LogP contribution >= 0.6 is 27.7 Å². The Labute approximate surface area is 128 Å². The van der Waals surface area contributed by atoms with E-state index < -0.39 is 16.5 Å². The number of hydrogen-bond donors (Lipinski definition) is 1. The van der Waals surface area contributed by atoms with Crippen LogP contribution in [0.5, 0.6) is 0 Å². The number of aliphatic carboxylic acids is 1. The predicted octanol–water partition coefficient (Wildman–Crippen LogP) is 2.29. The molecule has 2 atom stereocenters. The van der Waals surface area contributed by atoms with Gasteiger partial charge in [0, 0.05) is 10.9 Å². The van der Waals surface area contributed by atoms with E-state index in [4.69, 9.17) is 5.11 Å². The minimum atomic E-state index is -0.990. The van der Waals surface area contributed by atoms with Crippen LogP contribution < -0.4 is 4.90 Å². The Kier molecular flexibility index (Phi) is 4.49. The summed E-state index contributed by atoms with van der Waals surface area (Å²) in [5.41, 5.74) is 0.500. The van der Waals surface area contributed by atoms with E-state index in [1.807, 2.05) is 0 Å². The summed E-state index contributed by atoms with van der Waals surface area (Å²) in [6, 6.07) is 6.89. The number of carboxylic acids is 1. The van der Waals surface area contributed by atoms with Gasteiger partial charge >= 0.3 is 5.97 Å². The number of hydrogen-bond acceptors (Lipinski definition) is 4. The highest BCUT2D eigenvalue weighted by Crippen LogP contribution is 2.32. The third kappa shape index (κ3) is 3.04. The molecule has 0 saturated carbocycles. The molecule has 106 valence electrons. The topological polar surface area (TPSA) is 74.7 Å². The molecule has 2 amide bonds. The quantitative estimate of drug-likeness (QED) is 0.836. The molecule has 0 aromatic heterocycles. The van der Waals surface area contributed by atoms with Crippen molar-refractivity contribution in [1.29, 1.82) is 0 Å². The second-order valence-corrected chi connectivity index (χ2v) is 6.82. The number of nitrogens with zero attached hydrogens (tertiary/aromatic N) is 1. The smallest absolute Gasteiger partial charge is 0.316 e. The lowest BCUT2D eigenvalue weighted by atomic mass is 10.3. The van der Waals surface area contributed by atoms with Gasteiger partial charge in [-0.05, 0) is 25.1 Å². The van der Waals surface area contributed by atoms with Gasteiger partial charge in [-0.15, -0.1) is 11.8 Å². The molecule has 1 N–H and O–H groups in total. The van der Waals surface area contributed by atoms with Gasteiger partial charge in [-0.2, -0.15) is 0 Å². The first-order valence-corrected chi connectivity index (χ1v) is 7.64. The minimum Gasteiger partial charge on any atom is -0.480 e. The molecular formula is C13H12BrNO4S. The van der Waals surface area contributed by atoms with E-state index in [0.717, 1.165) is 21.1 Å². The summed E-state index contributed by atoms with van der Waals surface area (Å²) in [6.07, 6.45) is 0.0354. The summed E-state index contributed by atoms with van der Waals surface area (Å²) in [5.74, 6) is -1.65. The summed E-state index contributed by atoms with van der Waals surface area (Å²) in [6.45, 7) is 1.51. The van der Waals surface area contributed by atoms with Crippen molar-refractivity contribution in [2.45, 2.75) is 23.8 Å². The van der Waals surface area contributed by atoms with Crippen LogP contribution in [-0.2, 0) is 14.4 Å². The predicted molar refractivity (Wildman–Crippen MR) is 79.7 cm³/mol. The fraction of sp³-hybridized carbons (Fsp3) is 0.308. The maximum Gasteiger partial charge on any atom is 0.316 e. The number of carbonyl (C=O) groups excluding carboxylic acids is 2. The van der Waals surface area contributed by atoms with E-state index >= 15 is 0 Å². The first-order valence-electron chi connectivity index (χ1n) is 5.91. The Bertz CT molecular complexity index is 577. The van der Waals surface area contributed by atoms with Crippen LogP contribution in [0.3, 0.4) is 0 Å². The number of amides is 2. The second kappa shape index (κ2) is 5.97. The Hall–Kier alpha value is -1.34. The van der Waals surface area contributed by atoms with E-state index in [-0.39, 0.29) is 18.2 Å². The first kappa shape index (κ1) is 15.1. The van der Waals surface area contributed by atoms with Gasteiger partial charge in [-0.1, -0.05) is 22.0 Å². The average Bonchev–Trinajstić information content (AvgIpc) is 2.64. The van der Waals surface area contributed by atoms with Gasteiger partial charge in [0.1, 0.15) is 5.25 Å². The highest BCUT2D eigenvalue weighted by atomic mass is 79.9. The van der Waals surface area contributed by atoms with Crippen molar-refractivity contribution in [2.75, 3.05) is 4.90 Å². The molecule has 1 aromatic rings. The summed E-state index contributed by atoms with van der Waals surface area (Å²) in [7, 11) is 0. The molecule has 0 bridgehead atoms. The lowest BCUT2D eigenvalue weighted by molar-refractivity contribution is -0.136. The fourth-order valence-corrected chi connectivity index (χ4v) is 3.36. The molecule has 0 radical (unpaired) electrons. The zero-order chi connectivity index (χ0) is 14.9. The van der Waals surface area contributed by atoms with Crippen molar-refractivity contribution >= 4 is 51.2 Å². The van der Waals surface area contributed by atoms with Gasteiger partial charge in [0.15, 0.2) is 0 Å². The van der Waals surface area contributed by atoms with Gasteiger partial charge in [0.2, 0.25) is 11.8 Å². The van der Waals surface area contributed by atoms with E-state index in [0.29, 0.717) is 5.69 Å².